The van der Waals surface area contributed by atoms with Crippen molar-refractivity contribution in [2.75, 3.05) is 25.6 Å². The van der Waals surface area contributed by atoms with Crippen molar-refractivity contribution in [1.29, 1.82) is 0 Å². The highest BCUT2D eigenvalue weighted by atomic mass is 32.2. The minimum absolute atomic E-state index is 0.173. The number of amides is 1. The molecule has 0 spiro atoms. The summed E-state index contributed by atoms with van der Waals surface area (Å²) < 4.78 is 9.42. The van der Waals surface area contributed by atoms with E-state index in [2.05, 4.69) is 10.1 Å². The quantitative estimate of drug-likeness (QED) is 0.790. The van der Waals surface area contributed by atoms with Gasteiger partial charge in [0.05, 0.1) is 5.69 Å². The van der Waals surface area contributed by atoms with Crippen LogP contribution in [-0.2, 0) is 19.1 Å². The van der Waals surface area contributed by atoms with E-state index in [-0.39, 0.29) is 13.2 Å². The van der Waals surface area contributed by atoms with Crippen LogP contribution in [0.15, 0.2) is 64.4 Å². The second-order valence-electron chi connectivity index (χ2n) is 4.55. The van der Waals surface area contributed by atoms with Crippen LogP contribution in [-0.4, -0.2) is 32.2 Å². The normalized spacial score (nSPS) is 10.1. The van der Waals surface area contributed by atoms with E-state index in [4.69, 9.17) is 4.74 Å². The smallest absolute Gasteiger partial charge is 0.332 e. The molecule has 2 rings (SSSR count). The molecule has 0 unspecified atom stereocenters. The lowest BCUT2D eigenvalue weighted by molar-refractivity contribution is -0.150. The third kappa shape index (κ3) is 5.77. The Hall–Kier alpha value is -2.31. The lowest BCUT2D eigenvalue weighted by atomic mass is 10.3. The van der Waals surface area contributed by atoms with E-state index in [1.807, 2.05) is 48.5 Å². The van der Waals surface area contributed by atoms with Gasteiger partial charge < -0.3 is 14.8 Å². The number of benzene rings is 2. The summed E-state index contributed by atoms with van der Waals surface area (Å²) >= 11 is 1.55. The molecule has 120 valence electrons. The van der Waals surface area contributed by atoms with Gasteiger partial charge in [-0.25, -0.2) is 4.79 Å². The number of carbonyl (C=O) groups excluding carboxylic acids is 2. The number of nitrogens with one attached hydrogen (secondary N) is 1. The molecule has 0 atom stereocenters. The molecule has 0 aliphatic heterocycles. The van der Waals surface area contributed by atoms with Crippen molar-refractivity contribution < 1.29 is 19.1 Å². The first-order valence-corrected chi connectivity index (χ1v) is 7.77. The molecule has 1 N–H and O–H groups in total. The molecular formula is C17H17NO4S. The number of methoxy groups -OCH3 is 1. The number of ether oxygens (including phenoxy) is 2. The summed E-state index contributed by atoms with van der Waals surface area (Å²) in [5.41, 5.74) is 0.675. The van der Waals surface area contributed by atoms with Gasteiger partial charge in [-0.2, -0.15) is 0 Å². The zero-order valence-corrected chi connectivity index (χ0v) is 13.5. The van der Waals surface area contributed by atoms with Gasteiger partial charge >= 0.3 is 5.97 Å². The second kappa shape index (κ2) is 8.97. The Labute approximate surface area is 139 Å². The molecule has 0 saturated heterocycles. The van der Waals surface area contributed by atoms with Crippen LogP contribution in [0, 0.1) is 0 Å². The SMILES string of the molecule is COCC(=O)OCC(=O)Nc1ccccc1Sc1ccccc1. The van der Waals surface area contributed by atoms with E-state index in [9.17, 15) is 9.59 Å². The molecule has 0 aromatic heterocycles. The Kier molecular flexibility index (Phi) is 6.65. The number of para-hydroxylation sites is 1. The van der Waals surface area contributed by atoms with Crippen molar-refractivity contribution in [2.45, 2.75) is 9.79 Å². The summed E-state index contributed by atoms with van der Waals surface area (Å²) in [5, 5.41) is 2.75. The molecule has 0 saturated carbocycles. The van der Waals surface area contributed by atoms with Crippen molar-refractivity contribution >= 4 is 29.3 Å². The number of carbonyl (C=O) groups is 2. The van der Waals surface area contributed by atoms with Crippen LogP contribution in [0.2, 0.25) is 0 Å². The Bertz CT molecular complexity index is 661. The van der Waals surface area contributed by atoms with Crippen LogP contribution >= 0.6 is 11.8 Å². The largest absolute Gasteiger partial charge is 0.454 e. The van der Waals surface area contributed by atoms with E-state index >= 15 is 0 Å². The van der Waals surface area contributed by atoms with Crippen LogP contribution in [0.25, 0.3) is 0 Å². The molecule has 2 aromatic carbocycles. The van der Waals surface area contributed by atoms with Crippen LogP contribution in [0.4, 0.5) is 5.69 Å². The van der Waals surface area contributed by atoms with Gasteiger partial charge in [0.15, 0.2) is 6.61 Å². The van der Waals surface area contributed by atoms with Crippen molar-refractivity contribution in [3.8, 4) is 0 Å². The summed E-state index contributed by atoms with van der Waals surface area (Å²) in [5.74, 6) is -0.967. The molecule has 5 nitrogen and oxygen atoms in total. The summed E-state index contributed by atoms with van der Waals surface area (Å²) in [6, 6.07) is 17.3. The average molecular weight is 331 g/mol. The Morgan fingerprint density at radius 2 is 1.70 bits per heavy atom. The van der Waals surface area contributed by atoms with Crippen molar-refractivity contribution in [2.24, 2.45) is 0 Å². The molecule has 0 aliphatic rings. The van der Waals surface area contributed by atoms with Crippen LogP contribution in [0.3, 0.4) is 0 Å². The van der Waals surface area contributed by atoms with Crippen LogP contribution < -0.4 is 5.32 Å². The molecule has 23 heavy (non-hydrogen) atoms. The van der Waals surface area contributed by atoms with Gasteiger partial charge in [0.1, 0.15) is 6.61 Å². The van der Waals surface area contributed by atoms with Crippen LogP contribution in [0.1, 0.15) is 0 Å². The predicted octanol–water partition coefficient (Wildman–Crippen LogP) is 2.97. The summed E-state index contributed by atoms with van der Waals surface area (Å²) in [7, 11) is 1.39. The Morgan fingerprint density at radius 1 is 1.00 bits per heavy atom. The number of esters is 1. The highest BCUT2D eigenvalue weighted by Crippen LogP contribution is 2.33. The second-order valence-corrected chi connectivity index (χ2v) is 5.67. The molecule has 0 heterocycles. The topological polar surface area (TPSA) is 64.6 Å². The fourth-order valence-electron chi connectivity index (χ4n) is 1.77. The van der Waals surface area contributed by atoms with E-state index in [0.29, 0.717) is 5.69 Å². The van der Waals surface area contributed by atoms with Crippen molar-refractivity contribution in [3.63, 3.8) is 0 Å². The van der Waals surface area contributed by atoms with E-state index < -0.39 is 11.9 Å². The Balaban J connectivity index is 1.97. The first-order chi connectivity index (χ1) is 11.2. The highest BCUT2D eigenvalue weighted by Gasteiger charge is 2.10. The molecule has 0 fully saturated rings. The minimum Gasteiger partial charge on any atom is -0.454 e. The number of rotatable bonds is 7. The lowest BCUT2D eigenvalue weighted by Gasteiger charge is -2.11. The maximum Gasteiger partial charge on any atom is 0.332 e. The third-order valence-corrected chi connectivity index (χ3v) is 3.84. The first-order valence-electron chi connectivity index (χ1n) is 6.95. The fraction of sp³-hybridized carbons (Fsp3) is 0.176. The third-order valence-electron chi connectivity index (χ3n) is 2.76. The molecular weight excluding hydrogens is 314 g/mol. The van der Waals surface area contributed by atoms with Crippen LogP contribution in [0.5, 0.6) is 0 Å². The van der Waals surface area contributed by atoms with Gasteiger partial charge in [0.2, 0.25) is 0 Å². The maximum atomic E-state index is 11.9. The number of hydrogen-bond acceptors (Lipinski definition) is 5. The molecule has 6 heteroatoms. The molecule has 0 radical (unpaired) electrons. The summed E-state index contributed by atoms with van der Waals surface area (Å²) in [4.78, 5) is 25.0. The van der Waals surface area contributed by atoms with Gasteiger partial charge in [-0.3, -0.25) is 4.79 Å². The van der Waals surface area contributed by atoms with Crippen molar-refractivity contribution in [3.05, 3.63) is 54.6 Å². The average Bonchev–Trinajstić information content (AvgIpc) is 2.56. The first kappa shape index (κ1) is 17.1. The van der Waals surface area contributed by atoms with Gasteiger partial charge in [0, 0.05) is 16.9 Å². The fourth-order valence-corrected chi connectivity index (χ4v) is 2.69. The highest BCUT2D eigenvalue weighted by molar-refractivity contribution is 7.99. The van der Waals surface area contributed by atoms with Gasteiger partial charge in [-0.05, 0) is 24.3 Å². The molecule has 0 bridgehead atoms. The Morgan fingerprint density at radius 3 is 2.43 bits per heavy atom. The van der Waals surface area contributed by atoms with E-state index in [1.54, 1.807) is 17.8 Å². The molecule has 1 amide bonds. The predicted molar refractivity (Wildman–Crippen MR) is 88.5 cm³/mol. The summed E-state index contributed by atoms with van der Waals surface area (Å²) in [6.45, 7) is -0.514. The van der Waals surface area contributed by atoms with Gasteiger partial charge in [-0.15, -0.1) is 0 Å². The monoisotopic (exact) mass is 331 g/mol. The maximum absolute atomic E-state index is 11.9. The molecule has 0 aliphatic carbocycles. The minimum atomic E-state index is -0.574. The standard InChI is InChI=1S/C17H17NO4S/c1-21-12-17(20)22-11-16(19)18-14-9-5-6-10-15(14)23-13-7-3-2-4-8-13/h2-10H,11-12H2,1H3,(H,18,19). The van der Waals surface area contributed by atoms with E-state index in [0.717, 1.165) is 9.79 Å². The van der Waals surface area contributed by atoms with E-state index in [1.165, 1.54) is 7.11 Å². The molecule has 2 aromatic rings. The zero-order chi connectivity index (χ0) is 16.5. The zero-order valence-electron chi connectivity index (χ0n) is 12.7. The van der Waals surface area contributed by atoms with Gasteiger partial charge in [0.25, 0.3) is 5.91 Å². The number of hydrogen-bond donors (Lipinski definition) is 1. The van der Waals surface area contributed by atoms with Crippen molar-refractivity contribution in [1.82, 2.24) is 0 Å². The lowest BCUT2D eigenvalue weighted by Crippen LogP contribution is -2.22. The van der Waals surface area contributed by atoms with Gasteiger partial charge in [-0.1, -0.05) is 42.1 Å². The summed E-state index contributed by atoms with van der Waals surface area (Å²) in [6.07, 6.45) is 0. The number of anilines is 1.